The number of carbonyl (C=O) groups excluding carboxylic acids is 1. The van der Waals surface area contributed by atoms with E-state index >= 15 is 0 Å². The zero-order valence-electron chi connectivity index (χ0n) is 22.0. The van der Waals surface area contributed by atoms with Gasteiger partial charge in [0, 0.05) is 19.5 Å². The molecule has 1 unspecified atom stereocenters. The van der Waals surface area contributed by atoms with Crippen LogP contribution in [0, 0.1) is 0 Å². The van der Waals surface area contributed by atoms with Crippen LogP contribution in [-0.2, 0) is 4.79 Å². The molecule has 0 aromatic carbocycles. The van der Waals surface area contributed by atoms with Crippen LogP contribution in [0.5, 0.6) is 0 Å². The quantitative estimate of drug-likeness (QED) is 0.121. The molecule has 0 fully saturated rings. The summed E-state index contributed by atoms with van der Waals surface area (Å²) in [5.74, 6) is 0.236. The number of nitrogens with zero attached hydrogens (tertiary/aromatic N) is 1. The van der Waals surface area contributed by atoms with E-state index in [1.165, 1.54) is 116 Å². The molecular formula is C28H58N2O. The van der Waals surface area contributed by atoms with Crippen LogP contribution in [0.1, 0.15) is 156 Å². The van der Waals surface area contributed by atoms with Gasteiger partial charge in [-0.1, -0.05) is 124 Å². The van der Waals surface area contributed by atoms with Crippen molar-refractivity contribution in [3.05, 3.63) is 0 Å². The second kappa shape index (κ2) is 24.1. The first-order valence-electron chi connectivity index (χ1n) is 14.2. The molecule has 0 radical (unpaired) electrons. The molecule has 0 saturated carbocycles. The highest BCUT2D eigenvalue weighted by Gasteiger charge is 2.14. The van der Waals surface area contributed by atoms with E-state index in [-0.39, 0.29) is 12.1 Å². The third-order valence-corrected chi connectivity index (χ3v) is 6.52. The predicted octanol–water partition coefficient (Wildman–Crippen LogP) is 8.61. The molecule has 31 heavy (non-hydrogen) atoms. The normalized spacial score (nSPS) is 12.4. The Bertz CT molecular complexity index is 364. The van der Waals surface area contributed by atoms with Gasteiger partial charge >= 0.3 is 0 Å². The molecule has 0 spiro atoms. The fraction of sp³-hybridized carbons (Fsp3) is 0.964. The Hall–Kier alpha value is -0.570. The van der Waals surface area contributed by atoms with Gasteiger partial charge in [0.15, 0.2) is 0 Å². The fourth-order valence-corrected chi connectivity index (χ4v) is 4.27. The molecule has 3 heteroatoms. The van der Waals surface area contributed by atoms with Gasteiger partial charge in [0.25, 0.3) is 0 Å². The third kappa shape index (κ3) is 21.1. The summed E-state index contributed by atoms with van der Waals surface area (Å²) in [5.41, 5.74) is 0. The number of hydrogen-bond donors (Lipinski definition) is 1. The summed E-state index contributed by atoms with van der Waals surface area (Å²) in [6.45, 7) is 11.1. The third-order valence-electron chi connectivity index (χ3n) is 6.52. The van der Waals surface area contributed by atoms with Crippen molar-refractivity contribution in [3.63, 3.8) is 0 Å². The first kappa shape index (κ1) is 30.4. The summed E-state index contributed by atoms with van der Waals surface area (Å²) < 4.78 is 0. The van der Waals surface area contributed by atoms with Crippen molar-refractivity contribution in [1.82, 2.24) is 10.2 Å². The lowest BCUT2D eigenvalue weighted by Crippen LogP contribution is -2.47. The zero-order chi connectivity index (χ0) is 23.0. The number of carbonyl (C=O) groups is 1. The Kier molecular flexibility index (Phi) is 23.6. The van der Waals surface area contributed by atoms with Crippen molar-refractivity contribution in [3.8, 4) is 0 Å². The van der Waals surface area contributed by atoms with Crippen LogP contribution in [0.4, 0.5) is 0 Å². The average molecular weight is 439 g/mol. The predicted molar refractivity (Wildman–Crippen MR) is 139 cm³/mol. The summed E-state index contributed by atoms with van der Waals surface area (Å²) in [4.78, 5) is 14.7. The molecule has 0 bridgehead atoms. The number of unbranched alkanes of at least 4 members (excludes halogenated alkanes) is 16. The van der Waals surface area contributed by atoms with E-state index in [4.69, 9.17) is 0 Å². The van der Waals surface area contributed by atoms with Crippen molar-refractivity contribution in [1.29, 1.82) is 0 Å². The highest BCUT2D eigenvalue weighted by atomic mass is 16.1. The van der Waals surface area contributed by atoms with Gasteiger partial charge in [-0.05, 0) is 26.2 Å². The zero-order valence-corrected chi connectivity index (χ0v) is 22.0. The molecule has 0 rings (SSSR count). The number of amides is 1. The maximum atomic E-state index is 12.3. The van der Waals surface area contributed by atoms with Gasteiger partial charge in [0.1, 0.15) is 0 Å². The lowest BCUT2D eigenvalue weighted by molar-refractivity contribution is -0.123. The lowest BCUT2D eigenvalue weighted by atomic mass is 10.0. The van der Waals surface area contributed by atoms with Crippen molar-refractivity contribution < 1.29 is 4.79 Å². The Morgan fingerprint density at radius 2 is 0.935 bits per heavy atom. The van der Waals surface area contributed by atoms with Crippen LogP contribution in [-0.4, -0.2) is 30.1 Å². The molecule has 0 saturated heterocycles. The van der Waals surface area contributed by atoms with Crippen molar-refractivity contribution >= 4 is 5.91 Å². The van der Waals surface area contributed by atoms with Crippen molar-refractivity contribution in [2.24, 2.45) is 0 Å². The second-order valence-electron chi connectivity index (χ2n) is 9.69. The standard InChI is InChI=1S/C28H58N2O/c1-5-8-11-12-13-14-15-16-17-18-19-20-21-22-23-24-28(31)29-27(4)30(25-9-6-2)26-10-7-3/h27H,5-26H2,1-4H3,(H,29,31). The topological polar surface area (TPSA) is 32.3 Å². The van der Waals surface area contributed by atoms with Gasteiger partial charge in [0.2, 0.25) is 5.91 Å². The van der Waals surface area contributed by atoms with Crippen LogP contribution in [0.2, 0.25) is 0 Å². The van der Waals surface area contributed by atoms with E-state index in [1.54, 1.807) is 0 Å². The maximum absolute atomic E-state index is 12.3. The van der Waals surface area contributed by atoms with E-state index in [2.05, 4.69) is 37.9 Å². The second-order valence-corrected chi connectivity index (χ2v) is 9.69. The highest BCUT2D eigenvalue weighted by Crippen LogP contribution is 2.14. The Balaban J connectivity index is 3.54. The van der Waals surface area contributed by atoms with E-state index in [0.717, 1.165) is 19.5 Å². The minimum Gasteiger partial charge on any atom is -0.341 e. The maximum Gasteiger partial charge on any atom is 0.221 e. The molecule has 0 aromatic rings. The molecule has 0 aliphatic rings. The molecule has 0 aromatic heterocycles. The molecule has 3 nitrogen and oxygen atoms in total. The fourth-order valence-electron chi connectivity index (χ4n) is 4.27. The minimum absolute atomic E-state index is 0.168. The van der Waals surface area contributed by atoms with Crippen LogP contribution in [0.15, 0.2) is 0 Å². The molecular weight excluding hydrogens is 380 g/mol. The van der Waals surface area contributed by atoms with Crippen molar-refractivity contribution in [2.75, 3.05) is 13.1 Å². The van der Waals surface area contributed by atoms with Crippen molar-refractivity contribution in [2.45, 2.75) is 162 Å². The summed E-state index contributed by atoms with van der Waals surface area (Å²) in [7, 11) is 0. The number of rotatable bonds is 24. The van der Waals surface area contributed by atoms with Gasteiger partial charge in [-0.2, -0.15) is 0 Å². The van der Waals surface area contributed by atoms with Crippen LogP contribution < -0.4 is 5.32 Å². The molecule has 0 aliphatic heterocycles. The van der Waals surface area contributed by atoms with Gasteiger partial charge in [0.05, 0.1) is 6.17 Å². The molecule has 0 heterocycles. The minimum atomic E-state index is 0.168. The molecule has 1 N–H and O–H groups in total. The van der Waals surface area contributed by atoms with Gasteiger partial charge in [-0.25, -0.2) is 0 Å². The average Bonchev–Trinajstić information content (AvgIpc) is 2.76. The molecule has 0 aliphatic carbocycles. The monoisotopic (exact) mass is 438 g/mol. The summed E-state index contributed by atoms with van der Waals surface area (Å²) >= 11 is 0. The SMILES string of the molecule is CCCCCCCCCCCCCCCCCC(=O)NC(C)N(CCCC)CCCC. The van der Waals surface area contributed by atoms with E-state index < -0.39 is 0 Å². The van der Waals surface area contributed by atoms with E-state index in [0.29, 0.717) is 6.42 Å². The van der Waals surface area contributed by atoms with Crippen LogP contribution in [0.3, 0.4) is 0 Å². The van der Waals surface area contributed by atoms with Crippen LogP contribution >= 0.6 is 0 Å². The first-order chi connectivity index (χ1) is 15.2. The van der Waals surface area contributed by atoms with Gasteiger partial charge in [-0.3, -0.25) is 9.69 Å². The Morgan fingerprint density at radius 1 is 0.581 bits per heavy atom. The van der Waals surface area contributed by atoms with E-state index in [1.807, 2.05) is 0 Å². The Morgan fingerprint density at radius 3 is 1.32 bits per heavy atom. The first-order valence-corrected chi connectivity index (χ1v) is 14.2. The van der Waals surface area contributed by atoms with Gasteiger partial charge < -0.3 is 5.32 Å². The summed E-state index contributed by atoms with van der Waals surface area (Å²) in [6.07, 6.45) is 26.2. The summed E-state index contributed by atoms with van der Waals surface area (Å²) in [6, 6.07) is 0. The lowest BCUT2D eigenvalue weighted by Gasteiger charge is -2.29. The number of nitrogens with one attached hydrogen (secondary N) is 1. The largest absolute Gasteiger partial charge is 0.341 e. The Labute approximate surface area is 196 Å². The molecule has 186 valence electrons. The van der Waals surface area contributed by atoms with Gasteiger partial charge in [-0.15, -0.1) is 0 Å². The molecule has 1 amide bonds. The molecule has 1 atom stereocenters. The van der Waals surface area contributed by atoms with Crippen LogP contribution in [0.25, 0.3) is 0 Å². The highest BCUT2D eigenvalue weighted by molar-refractivity contribution is 5.76. The smallest absolute Gasteiger partial charge is 0.221 e. The summed E-state index contributed by atoms with van der Waals surface area (Å²) in [5, 5.41) is 3.23. The van der Waals surface area contributed by atoms with E-state index in [9.17, 15) is 4.79 Å². The number of hydrogen-bond acceptors (Lipinski definition) is 2.